The molecule has 0 aromatic rings. The summed E-state index contributed by atoms with van der Waals surface area (Å²) < 4.78 is 24.1. The van der Waals surface area contributed by atoms with Gasteiger partial charge < -0.3 is 18.9 Å². The third kappa shape index (κ3) is 1.20. The fraction of sp³-hybridized carbons (Fsp3) is 0.714. The van der Waals surface area contributed by atoms with Crippen LogP contribution in [0.4, 0.5) is 0 Å². The van der Waals surface area contributed by atoms with E-state index in [-0.39, 0.29) is 47.3 Å². The number of hydrogen-bond donors (Lipinski definition) is 0. The largest absolute Gasteiger partial charge is 0.423 e. The first-order chi connectivity index (χ1) is 12.8. The molecule has 6 nitrogen and oxygen atoms in total. The number of fused-ring (bicyclic) bond motifs is 4. The summed E-state index contributed by atoms with van der Waals surface area (Å²) in [5.74, 6) is 0.451. The molecule has 0 N–H and O–H groups in total. The molecule has 7 rings (SSSR count). The molecule has 142 valence electrons. The average molecular weight is 370 g/mol. The molecule has 0 unspecified atom stereocenters. The van der Waals surface area contributed by atoms with Gasteiger partial charge in [0.15, 0.2) is 11.2 Å². The van der Waals surface area contributed by atoms with E-state index >= 15 is 0 Å². The van der Waals surface area contributed by atoms with E-state index in [0.717, 1.165) is 17.6 Å². The van der Waals surface area contributed by atoms with Crippen LogP contribution in [0.3, 0.4) is 0 Å². The highest BCUT2D eigenvalue weighted by atomic mass is 16.7. The molecule has 0 amide bonds. The molecule has 7 aliphatic rings. The van der Waals surface area contributed by atoms with Crippen molar-refractivity contribution in [2.24, 2.45) is 17.3 Å². The monoisotopic (exact) mass is 370 g/mol. The maximum Gasteiger partial charge on any atom is 0.339 e. The Hall–Kier alpha value is -1.50. The Kier molecular flexibility index (Phi) is 2.18. The molecule has 0 aromatic carbocycles. The fourth-order valence-electron chi connectivity index (χ4n) is 7.45. The number of carbonyl (C=O) groups is 2. The number of ether oxygens (including phenoxy) is 4. The maximum atomic E-state index is 13.7. The van der Waals surface area contributed by atoms with Gasteiger partial charge in [-0.1, -0.05) is 27.4 Å². The number of allylic oxidation sites excluding steroid dienone is 1. The molecule has 3 saturated heterocycles. The smallest absolute Gasteiger partial charge is 0.339 e. The van der Waals surface area contributed by atoms with Crippen LogP contribution in [0.5, 0.6) is 0 Å². The minimum atomic E-state index is -0.872. The lowest BCUT2D eigenvalue weighted by molar-refractivity contribution is -0.139. The van der Waals surface area contributed by atoms with Crippen molar-refractivity contribution in [2.45, 2.75) is 75.1 Å². The Bertz CT molecular complexity index is 933. The summed E-state index contributed by atoms with van der Waals surface area (Å²) in [4.78, 5) is 25.9. The summed E-state index contributed by atoms with van der Waals surface area (Å²) in [6.45, 7) is 10.3. The maximum absolute atomic E-state index is 13.7. The van der Waals surface area contributed by atoms with Crippen molar-refractivity contribution in [2.75, 3.05) is 0 Å². The van der Waals surface area contributed by atoms with E-state index in [2.05, 4.69) is 13.5 Å². The lowest BCUT2D eigenvalue weighted by atomic mass is 9.47. The number of cyclic esters (lactones) is 1. The van der Waals surface area contributed by atoms with Gasteiger partial charge in [0, 0.05) is 16.6 Å². The third-order valence-electron chi connectivity index (χ3n) is 8.84. The lowest BCUT2D eigenvalue weighted by Gasteiger charge is -2.51. The molecule has 2 saturated carbocycles. The van der Waals surface area contributed by atoms with Crippen LogP contribution >= 0.6 is 0 Å². The highest BCUT2D eigenvalue weighted by Gasteiger charge is 3.01. The molecule has 0 aromatic heterocycles. The van der Waals surface area contributed by atoms with Gasteiger partial charge in [0.25, 0.3) is 0 Å². The summed E-state index contributed by atoms with van der Waals surface area (Å²) in [6, 6.07) is 0. The second kappa shape index (κ2) is 3.82. The Morgan fingerprint density at radius 2 is 1.93 bits per heavy atom. The molecule has 6 heteroatoms. The minimum absolute atomic E-state index is 0.0592. The van der Waals surface area contributed by atoms with Crippen LogP contribution in [-0.4, -0.2) is 46.9 Å². The van der Waals surface area contributed by atoms with Crippen molar-refractivity contribution >= 4 is 11.8 Å². The molecule has 3 aliphatic carbocycles. The lowest BCUT2D eigenvalue weighted by Crippen LogP contribution is -2.67. The zero-order valence-corrected chi connectivity index (χ0v) is 15.7. The minimum Gasteiger partial charge on any atom is -0.423 e. The van der Waals surface area contributed by atoms with Crippen LogP contribution in [0.15, 0.2) is 23.5 Å². The van der Waals surface area contributed by atoms with Crippen LogP contribution in [0.1, 0.15) is 40.0 Å². The summed E-state index contributed by atoms with van der Waals surface area (Å²) in [5, 5.41) is 0. The van der Waals surface area contributed by atoms with E-state index in [9.17, 15) is 9.59 Å². The van der Waals surface area contributed by atoms with Crippen molar-refractivity contribution in [3.8, 4) is 0 Å². The fourth-order valence-corrected chi connectivity index (χ4v) is 7.45. The standard InChI is InChI=1S/C21H22O6/c1-8(2)19-14(26-19)15-21(27-15)18(4)6-5-10-13(9(3)24-16(10)22)11(18)7-12-20(21,25-12)17(19)23/h8,11-12,14-15H,3,5-7H2,1-2,4H3/t11-,12-,14-,15-,18-,19-,20+,21+/m0/s1. The quantitative estimate of drug-likeness (QED) is 0.517. The number of hydrogen-bond acceptors (Lipinski definition) is 6. The van der Waals surface area contributed by atoms with Gasteiger partial charge in [0.05, 0.1) is 6.10 Å². The van der Waals surface area contributed by atoms with Crippen LogP contribution in [0.2, 0.25) is 0 Å². The topological polar surface area (TPSA) is 81.0 Å². The van der Waals surface area contributed by atoms with E-state index in [1.165, 1.54) is 0 Å². The van der Waals surface area contributed by atoms with Crippen molar-refractivity contribution in [1.82, 2.24) is 0 Å². The summed E-state index contributed by atoms with van der Waals surface area (Å²) in [5.41, 5.74) is -0.863. The SMILES string of the molecule is C=C1OC(=O)C2=C1[C@@H]1C[C@@H]3O[C@@]34C(=O)[C@@]3(C(C)C)O[C@H]3[C@@H]3O[C@@]34[C@@]1(C)CC2. The highest BCUT2D eigenvalue weighted by molar-refractivity contribution is 6.05. The van der Waals surface area contributed by atoms with Gasteiger partial charge in [0.1, 0.15) is 23.6 Å². The van der Waals surface area contributed by atoms with Crippen LogP contribution in [-0.2, 0) is 28.5 Å². The number of epoxide rings is 3. The van der Waals surface area contributed by atoms with Gasteiger partial charge in [0.2, 0.25) is 5.78 Å². The predicted octanol–water partition coefficient (Wildman–Crippen LogP) is 1.82. The Labute approximate surface area is 156 Å². The van der Waals surface area contributed by atoms with E-state index in [0.29, 0.717) is 18.6 Å². The Morgan fingerprint density at radius 1 is 1.15 bits per heavy atom. The Balaban J connectivity index is 1.40. The number of Topliss-reactive ketones (excluding diaryl/α,β-unsaturated/α-hetero) is 1. The molecule has 27 heavy (non-hydrogen) atoms. The van der Waals surface area contributed by atoms with Crippen molar-refractivity contribution in [1.29, 1.82) is 0 Å². The van der Waals surface area contributed by atoms with Crippen molar-refractivity contribution in [3.63, 3.8) is 0 Å². The average Bonchev–Trinajstić information content (AvgIpc) is 3.47. The van der Waals surface area contributed by atoms with Gasteiger partial charge in [-0.15, -0.1) is 0 Å². The predicted molar refractivity (Wildman–Crippen MR) is 90.4 cm³/mol. The first-order valence-electron chi connectivity index (χ1n) is 9.98. The molecule has 2 spiro atoms. The van der Waals surface area contributed by atoms with Gasteiger partial charge in [-0.05, 0) is 31.1 Å². The zero-order valence-electron chi connectivity index (χ0n) is 15.7. The number of rotatable bonds is 1. The molecule has 4 aliphatic heterocycles. The second-order valence-corrected chi connectivity index (χ2v) is 9.84. The van der Waals surface area contributed by atoms with Gasteiger partial charge in [-0.25, -0.2) is 4.79 Å². The van der Waals surface area contributed by atoms with Crippen molar-refractivity contribution < 1.29 is 28.5 Å². The first-order valence-corrected chi connectivity index (χ1v) is 9.98. The molecule has 0 radical (unpaired) electrons. The number of ketones is 1. The van der Waals surface area contributed by atoms with E-state index < -0.39 is 16.8 Å². The molecule has 0 bridgehead atoms. The molecule has 4 heterocycles. The van der Waals surface area contributed by atoms with Gasteiger partial charge >= 0.3 is 5.97 Å². The van der Waals surface area contributed by atoms with E-state index in [4.69, 9.17) is 18.9 Å². The van der Waals surface area contributed by atoms with Crippen LogP contribution in [0.25, 0.3) is 0 Å². The normalized spacial score (nSPS) is 58.6. The second-order valence-electron chi connectivity index (χ2n) is 9.84. The highest BCUT2D eigenvalue weighted by Crippen LogP contribution is 2.82. The summed E-state index contributed by atoms with van der Waals surface area (Å²) in [6.07, 6.45) is 1.66. The molecule has 8 atom stereocenters. The number of carbonyl (C=O) groups excluding carboxylic acids is 2. The van der Waals surface area contributed by atoms with E-state index in [1.807, 2.05) is 13.8 Å². The third-order valence-corrected chi connectivity index (χ3v) is 8.84. The summed E-state index contributed by atoms with van der Waals surface area (Å²) >= 11 is 0. The van der Waals surface area contributed by atoms with Gasteiger partial charge in [-0.3, -0.25) is 4.79 Å². The molecular weight excluding hydrogens is 348 g/mol. The van der Waals surface area contributed by atoms with Crippen LogP contribution < -0.4 is 0 Å². The molecular formula is C21H22O6. The summed E-state index contributed by atoms with van der Waals surface area (Å²) in [7, 11) is 0. The zero-order chi connectivity index (χ0) is 18.7. The molecule has 5 fully saturated rings. The van der Waals surface area contributed by atoms with Gasteiger partial charge in [-0.2, -0.15) is 0 Å². The van der Waals surface area contributed by atoms with Crippen molar-refractivity contribution in [3.05, 3.63) is 23.5 Å². The first kappa shape index (κ1) is 15.4. The van der Waals surface area contributed by atoms with E-state index in [1.54, 1.807) is 0 Å². The van der Waals surface area contributed by atoms with Crippen LogP contribution in [0, 0.1) is 17.3 Å². The number of esters is 1. The Morgan fingerprint density at radius 3 is 2.67 bits per heavy atom.